The average molecular weight is 233 g/mol. The van der Waals surface area contributed by atoms with E-state index < -0.39 is 0 Å². The number of hydrogen-bond donors (Lipinski definition) is 1. The molecule has 2 atom stereocenters. The Balaban J connectivity index is 1.96. The summed E-state index contributed by atoms with van der Waals surface area (Å²) >= 11 is 0. The molecule has 1 aliphatic rings. The molecule has 2 rings (SSSR count). The number of ether oxygens (including phenoxy) is 1. The summed E-state index contributed by atoms with van der Waals surface area (Å²) in [5.41, 5.74) is 2.69. The molecule has 1 aliphatic carbocycles. The van der Waals surface area contributed by atoms with Gasteiger partial charge in [-0.3, -0.25) is 0 Å². The van der Waals surface area contributed by atoms with Gasteiger partial charge in [-0.25, -0.2) is 0 Å². The molecule has 0 aliphatic heterocycles. The standard InChI is InChI=1S/C15H23NO/c1-11-5-4-6-14(9-11)12(2)16-15(10-17-3)13-7-8-13/h4-6,9,12-13,15-16H,7-8,10H2,1-3H3/t12-,15?/m1/s1. The fourth-order valence-electron chi connectivity index (χ4n) is 2.36. The Morgan fingerprint density at radius 2 is 2.18 bits per heavy atom. The van der Waals surface area contributed by atoms with Gasteiger partial charge >= 0.3 is 0 Å². The fourth-order valence-corrected chi connectivity index (χ4v) is 2.36. The van der Waals surface area contributed by atoms with Crippen molar-refractivity contribution >= 4 is 0 Å². The second-order valence-corrected chi connectivity index (χ2v) is 5.20. The highest BCUT2D eigenvalue weighted by atomic mass is 16.5. The predicted molar refractivity (Wildman–Crippen MR) is 71.1 cm³/mol. The first-order chi connectivity index (χ1) is 8.20. The second-order valence-electron chi connectivity index (χ2n) is 5.20. The van der Waals surface area contributed by atoms with Gasteiger partial charge < -0.3 is 10.1 Å². The van der Waals surface area contributed by atoms with E-state index in [1.54, 1.807) is 7.11 Å². The van der Waals surface area contributed by atoms with Crippen molar-refractivity contribution in [3.05, 3.63) is 35.4 Å². The molecule has 2 nitrogen and oxygen atoms in total. The summed E-state index contributed by atoms with van der Waals surface area (Å²) < 4.78 is 5.30. The normalized spacial score (nSPS) is 19.0. The van der Waals surface area contributed by atoms with E-state index in [4.69, 9.17) is 4.74 Å². The van der Waals surface area contributed by atoms with Crippen LogP contribution in [0, 0.1) is 12.8 Å². The molecule has 94 valence electrons. The lowest BCUT2D eigenvalue weighted by Crippen LogP contribution is -2.37. The number of aryl methyl sites for hydroxylation is 1. The fraction of sp³-hybridized carbons (Fsp3) is 0.600. The molecule has 0 bridgehead atoms. The molecule has 0 heterocycles. The molecule has 1 saturated carbocycles. The maximum Gasteiger partial charge on any atom is 0.0618 e. The highest BCUT2D eigenvalue weighted by molar-refractivity contribution is 5.24. The third-order valence-corrected chi connectivity index (χ3v) is 3.54. The zero-order chi connectivity index (χ0) is 12.3. The molecule has 0 amide bonds. The number of nitrogens with one attached hydrogen (secondary N) is 1. The number of hydrogen-bond acceptors (Lipinski definition) is 2. The molecule has 0 spiro atoms. The van der Waals surface area contributed by atoms with E-state index in [1.165, 1.54) is 24.0 Å². The van der Waals surface area contributed by atoms with Crippen LogP contribution in [0.2, 0.25) is 0 Å². The molecule has 1 fully saturated rings. The minimum absolute atomic E-state index is 0.399. The molecule has 0 radical (unpaired) electrons. The van der Waals surface area contributed by atoms with E-state index in [9.17, 15) is 0 Å². The summed E-state index contributed by atoms with van der Waals surface area (Å²) in [6.45, 7) is 5.20. The monoisotopic (exact) mass is 233 g/mol. The van der Waals surface area contributed by atoms with Crippen molar-refractivity contribution in [2.45, 2.75) is 38.8 Å². The summed E-state index contributed by atoms with van der Waals surface area (Å²) in [5.74, 6) is 0.821. The predicted octanol–water partition coefficient (Wildman–Crippen LogP) is 3.07. The zero-order valence-electron chi connectivity index (χ0n) is 11.1. The van der Waals surface area contributed by atoms with Gasteiger partial charge in [-0.05, 0) is 38.2 Å². The third-order valence-electron chi connectivity index (χ3n) is 3.54. The first-order valence-corrected chi connectivity index (χ1v) is 6.52. The van der Waals surface area contributed by atoms with Gasteiger partial charge in [0.05, 0.1) is 6.61 Å². The van der Waals surface area contributed by atoms with Crippen LogP contribution in [0.25, 0.3) is 0 Å². The Morgan fingerprint density at radius 3 is 2.76 bits per heavy atom. The van der Waals surface area contributed by atoms with Gasteiger partial charge in [-0.2, -0.15) is 0 Å². The smallest absolute Gasteiger partial charge is 0.0618 e. The molecular weight excluding hydrogens is 210 g/mol. The van der Waals surface area contributed by atoms with E-state index in [0.717, 1.165) is 12.5 Å². The summed E-state index contributed by atoms with van der Waals surface area (Å²) in [6.07, 6.45) is 2.70. The van der Waals surface area contributed by atoms with Gasteiger partial charge in [0, 0.05) is 19.2 Å². The van der Waals surface area contributed by atoms with Gasteiger partial charge in [-0.15, -0.1) is 0 Å². The van der Waals surface area contributed by atoms with Crippen LogP contribution in [-0.2, 0) is 4.74 Å². The molecule has 1 unspecified atom stereocenters. The Kier molecular flexibility index (Phi) is 4.19. The molecule has 0 saturated heterocycles. The summed E-state index contributed by atoms with van der Waals surface area (Å²) in [4.78, 5) is 0. The zero-order valence-corrected chi connectivity index (χ0v) is 11.1. The Bertz CT molecular complexity index is 360. The van der Waals surface area contributed by atoms with Gasteiger partial charge in [0.2, 0.25) is 0 Å². The molecule has 0 aromatic heterocycles. The second kappa shape index (κ2) is 5.65. The lowest BCUT2D eigenvalue weighted by Gasteiger charge is -2.23. The molecule has 1 aromatic rings. The summed E-state index contributed by atoms with van der Waals surface area (Å²) in [6, 6.07) is 9.64. The number of rotatable bonds is 6. The van der Waals surface area contributed by atoms with Crippen molar-refractivity contribution in [2.24, 2.45) is 5.92 Å². The molecular formula is C15H23NO. The van der Waals surface area contributed by atoms with Crippen LogP contribution in [0.5, 0.6) is 0 Å². The van der Waals surface area contributed by atoms with Crippen LogP contribution in [-0.4, -0.2) is 19.8 Å². The van der Waals surface area contributed by atoms with Crippen LogP contribution in [0.3, 0.4) is 0 Å². The lowest BCUT2D eigenvalue weighted by atomic mass is 10.0. The lowest BCUT2D eigenvalue weighted by molar-refractivity contribution is 0.152. The summed E-state index contributed by atoms with van der Waals surface area (Å²) in [5, 5.41) is 3.70. The molecule has 1 aromatic carbocycles. The minimum Gasteiger partial charge on any atom is -0.383 e. The van der Waals surface area contributed by atoms with Gasteiger partial charge in [0.25, 0.3) is 0 Å². The van der Waals surface area contributed by atoms with Crippen molar-refractivity contribution in [3.8, 4) is 0 Å². The number of methoxy groups -OCH3 is 1. The van der Waals surface area contributed by atoms with Gasteiger partial charge in [-0.1, -0.05) is 29.8 Å². The van der Waals surface area contributed by atoms with Crippen molar-refractivity contribution < 1.29 is 4.74 Å². The molecule has 17 heavy (non-hydrogen) atoms. The van der Waals surface area contributed by atoms with E-state index in [-0.39, 0.29) is 0 Å². The van der Waals surface area contributed by atoms with Crippen LogP contribution < -0.4 is 5.32 Å². The third kappa shape index (κ3) is 3.55. The van der Waals surface area contributed by atoms with Crippen molar-refractivity contribution in [3.63, 3.8) is 0 Å². The van der Waals surface area contributed by atoms with Gasteiger partial charge in [0.15, 0.2) is 0 Å². The van der Waals surface area contributed by atoms with Crippen LogP contribution in [0.4, 0.5) is 0 Å². The Morgan fingerprint density at radius 1 is 1.41 bits per heavy atom. The highest BCUT2D eigenvalue weighted by Crippen LogP contribution is 2.33. The van der Waals surface area contributed by atoms with Gasteiger partial charge in [0.1, 0.15) is 0 Å². The van der Waals surface area contributed by atoms with Crippen LogP contribution >= 0.6 is 0 Å². The van der Waals surface area contributed by atoms with Crippen molar-refractivity contribution in [1.29, 1.82) is 0 Å². The van der Waals surface area contributed by atoms with E-state index in [0.29, 0.717) is 12.1 Å². The average Bonchev–Trinajstić information content (AvgIpc) is 3.12. The first kappa shape index (κ1) is 12.6. The number of benzene rings is 1. The van der Waals surface area contributed by atoms with E-state index >= 15 is 0 Å². The first-order valence-electron chi connectivity index (χ1n) is 6.52. The minimum atomic E-state index is 0.399. The largest absolute Gasteiger partial charge is 0.383 e. The Hall–Kier alpha value is -0.860. The van der Waals surface area contributed by atoms with Crippen molar-refractivity contribution in [2.75, 3.05) is 13.7 Å². The van der Waals surface area contributed by atoms with E-state index in [1.807, 2.05) is 0 Å². The SMILES string of the molecule is COCC(N[C@H](C)c1cccc(C)c1)C1CC1. The maximum absolute atomic E-state index is 5.30. The quantitative estimate of drug-likeness (QED) is 0.815. The maximum atomic E-state index is 5.30. The van der Waals surface area contributed by atoms with Crippen LogP contribution in [0.1, 0.15) is 36.9 Å². The highest BCUT2D eigenvalue weighted by Gasteiger charge is 2.31. The molecule has 1 N–H and O–H groups in total. The molecule has 2 heteroatoms. The Labute approximate surface area is 104 Å². The van der Waals surface area contributed by atoms with E-state index in [2.05, 4.69) is 43.4 Å². The topological polar surface area (TPSA) is 21.3 Å². The van der Waals surface area contributed by atoms with Crippen molar-refractivity contribution in [1.82, 2.24) is 5.32 Å². The summed E-state index contributed by atoms with van der Waals surface area (Å²) in [7, 11) is 1.79. The van der Waals surface area contributed by atoms with Crippen LogP contribution in [0.15, 0.2) is 24.3 Å².